The predicted molar refractivity (Wildman–Crippen MR) is 110 cm³/mol. The molecule has 0 saturated carbocycles. The van der Waals surface area contributed by atoms with Crippen molar-refractivity contribution in [3.8, 4) is 28.6 Å². The normalized spacial score (nSPS) is 13.6. The number of aromatic amines is 1. The summed E-state index contributed by atoms with van der Waals surface area (Å²) in [6.45, 7) is 1.92. The molecule has 3 heterocycles. The van der Waals surface area contributed by atoms with Crippen LogP contribution in [0.3, 0.4) is 0 Å². The number of aromatic nitrogens is 4. The van der Waals surface area contributed by atoms with Crippen LogP contribution in [0.5, 0.6) is 17.2 Å². The first kappa shape index (κ1) is 19.8. The Kier molecular flexibility index (Phi) is 5.62. The summed E-state index contributed by atoms with van der Waals surface area (Å²) in [4.78, 5) is 30.3. The lowest BCUT2D eigenvalue weighted by Crippen LogP contribution is -2.35. The zero-order chi connectivity index (χ0) is 21.1. The molecule has 4 rings (SSSR count). The van der Waals surface area contributed by atoms with Crippen LogP contribution in [0, 0.1) is 0 Å². The molecule has 1 aromatic carbocycles. The van der Waals surface area contributed by atoms with Gasteiger partial charge in [0.15, 0.2) is 11.5 Å². The van der Waals surface area contributed by atoms with Crippen LogP contribution in [-0.4, -0.2) is 52.7 Å². The first-order valence-electron chi connectivity index (χ1n) is 9.52. The Bertz CT molecular complexity index is 1100. The Hall–Kier alpha value is -3.46. The number of H-pyrrole nitrogens is 1. The summed E-state index contributed by atoms with van der Waals surface area (Å²) < 4.78 is 16.4. The van der Waals surface area contributed by atoms with Crippen LogP contribution in [0.25, 0.3) is 11.4 Å². The van der Waals surface area contributed by atoms with Crippen molar-refractivity contribution in [2.24, 2.45) is 0 Å². The van der Waals surface area contributed by atoms with Crippen LogP contribution in [0.4, 0.5) is 0 Å². The molecule has 1 aliphatic rings. The van der Waals surface area contributed by atoms with Crippen LogP contribution in [0.15, 0.2) is 35.6 Å². The van der Waals surface area contributed by atoms with E-state index in [1.165, 1.54) is 6.33 Å². The maximum atomic E-state index is 12.6. The van der Waals surface area contributed by atoms with E-state index in [0.717, 1.165) is 23.4 Å². The van der Waals surface area contributed by atoms with E-state index in [9.17, 15) is 4.79 Å². The number of ether oxygens (including phenoxy) is 3. The van der Waals surface area contributed by atoms with E-state index in [4.69, 9.17) is 14.2 Å². The molecule has 0 saturated heterocycles. The van der Waals surface area contributed by atoms with E-state index in [0.29, 0.717) is 48.1 Å². The Morgan fingerprint density at radius 3 is 2.53 bits per heavy atom. The summed E-state index contributed by atoms with van der Waals surface area (Å²) in [7, 11) is 4.80. The van der Waals surface area contributed by atoms with Gasteiger partial charge in [-0.1, -0.05) is 6.07 Å². The number of fused-ring (bicyclic) bond motifs is 1. The fraction of sp³-hybridized carbons (Fsp3) is 0.333. The third-order valence-electron chi connectivity index (χ3n) is 5.17. The monoisotopic (exact) mass is 409 g/mol. The fourth-order valence-electron chi connectivity index (χ4n) is 3.72. The van der Waals surface area contributed by atoms with Crippen molar-refractivity contribution in [3.63, 3.8) is 0 Å². The van der Waals surface area contributed by atoms with E-state index in [2.05, 4.69) is 24.8 Å². The Morgan fingerprint density at radius 2 is 1.83 bits per heavy atom. The third-order valence-corrected chi connectivity index (χ3v) is 5.17. The predicted octanol–water partition coefficient (Wildman–Crippen LogP) is 1.81. The molecule has 1 N–H and O–H groups in total. The van der Waals surface area contributed by atoms with Gasteiger partial charge in [-0.25, -0.2) is 15.0 Å². The summed E-state index contributed by atoms with van der Waals surface area (Å²) in [5.41, 5.74) is 3.04. The molecule has 0 unspecified atom stereocenters. The second-order valence-corrected chi connectivity index (χ2v) is 6.92. The zero-order valence-electron chi connectivity index (χ0n) is 17.1. The molecule has 0 aliphatic carbocycles. The topological polar surface area (TPSA) is 102 Å². The molecule has 30 heavy (non-hydrogen) atoms. The quantitative estimate of drug-likeness (QED) is 0.658. The molecule has 0 bridgehead atoms. The van der Waals surface area contributed by atoms with Gasteiger partial charge in [0.2, 0.25) is 5.75 Å². The molecule has 9 nitrogen and oxygen atoms in total. The highest BCUT2D eigenvalue weighted by atomic mass is 16.5. The standard InChI is InChI=1S/C21H23N5O4/c1-28-17-5-4-13(18(29-2)19(17)30-3)10-26-7-6-15-16(11-26)24-20(25-21(15)27)14-8-22-12-23-9-14/h4-5,8-9,12H,6-7,10-11H2,1-3H3,(H,24,25,27). The lowest BCUT2D eigenvalue weighted by Gasteiger charge is -2.28. The summed E-state index contributed by atoms with van der Waals surface area (Å²) >= 11 is 0. The first-order valence-corrected chi connectivity index (χ1v) is 9.52. The molecule has 0 amide bonds. The molecule has 0 atom stereocenters. The molecule has 0 fully saturated rings. The molecule has 0 radical (unpaired) electrons. The minimum atomic E-state index is -0.109. The Labute approximate surface area is 173 Å². The minimum Gasteiger partial charge on any atom is -0.493 e. The molecule has 3 aromatic rings. The highest BCUT2D eigenvalue weighted by molar-refractivity contribution is 5.56. The van der Waals surface area contributed by atoms with Gasteiger partial charge in [-0.05, 0) is 12.5 Å². The van der Waals surface area contributed by atoms with Gasteiger partial charge in [-0.2, -0.15) is 0 Å². The third kappa shape index (κ3) is 3.71. The van der Waals surface area contributed by atoms with Gasteiger partial charge < -0.3 is 19.2 Å². The summed E-state index contributed by atoms with van der Waals surface area (Å²) in [5, 5.41) is 0. The van der Waals surface area contributed by atoms with E-state index in [1.807, 2.05) is 12.1 Å². The van der Waals surface area contributed by atoms with E-state index >= 15 is 0 Å². The molecular weight excluding hydrogens is 386 g/mol. The van der Waals surface area contributed by atoms with Gasteiger partial charge >= 0.3 is 0 Å². The van der Waals surface area contributed by atoms with Crippen molar-refractivity contribution in [2.75, 3.05) is 27.9 Å². The Morgan fingerprint density at radius 1 is 1.07 bits per heavy atom. The van der Waals surface area contributed by atoms with Crippen LogP contribution < -0.4 is 19.8 Å². The van der Waals surface area contributed by atoms with Gasteiger partial charge in [-0.3, -0.25) is 9.69 Å². The average molecular weight is 409 g/mol. The zero-order valence-corrected chi connectivity index (χ0v) is 17.1. The van der Waals surface area contributed by atoms with Crippen LogP contribution in [0.2, 0.25) is 0 Å². The van der Waals surface area contributed by atoms with Gasteiger partial charge in [0.1, 0.15) is 12.2 Å². The van der Waals surface area contributed by atoms with Gasteiger partial charge in [-0.15, -0.1) is 0 Å². The molecule has 0 spiro atoms. The molecule has 1 aliphatic heterocycles. The highest BCUT2D eigenvalue weighted by Crippen LogP contribution is 2.40. The molecule has 2 aromatic heterocycles. The minimum absolute atomic E-state index is 0.109. The van der Waals surface area contributed by atoms with Gasteiger partial charge in [0.05, 0.1) is 32.6 Å². The highest BCUT2D eigenvalue weighted by Gasteiger charge is 2.24. The van der Waals surface area contributed by atoms with Crippen molar-refractivity contribution in [1.29, 1.82) is 0 Å². The van der Waals surface area contributed by atoms with Crippen molar-refractivity contribution in [1.82, 2.24) is 24.8 Å². The fourth-order valence-corrected chi connectivity index (χ4v) is 3.72. The maximum Gasteiger partial charge on any atom is 0.254 e. The smallest absolute Gasteiger partial charge is 0.254 e. The van der Waals surface area contributed by atoms with E-state index < -0.39 is 0 Å². The van der Waals surface area contributed by atoms with Crippen molar-refractivity contribution >= 4 is 0 Å². The molecular formula is C21H23N5O4. The molecule has 156 valence electrons. The van der Waals surface area contributed by atoms with Crippen LogP contribution in [-0.2, 0) is 19.5 Å². The number of benzene rings is 1. The van der Waals surface area contributed by atoms with E-state index in [-0.39, 0.29) is 5.56 Å². The number of rotatable bonds is 6. The van der Waals surface area contributed by atoms with Crippen molar-refractivity contribution in [2.45, 2.75) is 19.5 Å². The number of hydrogen-bond donors (Lipinski definition) is 1. The summed E-state index contributed by atoms with van der Waals surface area (Å²) in [5.74, 6) is 2.30. The largest absolute Gasteiger partial charge is 0.493 e. The number of methoxy groups -OCH3 is 3. The SMILES string of the molecule is COc1ccc(CN2CCc3c(nc(-c4cncnc4)[nH]c3=O)C2)c(OC)c1OC. The van der Waals surface area contributed by atoms with Crippen LogP contribution in [0.1, 0.15) is 16.8 Å². The van der Waals surface area contributed by atoms with Gasteiger partial charge in [0.25, 0.3) is 5.56 Å². The first-order chi connectivity index (χ1) is 14.6. The lowest BCUT2D eigenvalue weighted by molar-refractivity contribution is 0.235. The Balaban J connectivity index is 1.62. The van der Waals surface area contributed by atoms with Crippen molar-refractivity contribution < 1.29 is 14.2 Å². The second kappa shape index (κ2) is 8.50. The maximum absolute atomic E-state index is 12.6. The number of hydrogen-bond acceptors (Lipinski definition) is 8. The van der Waals surface area contributed by atoms with Crippen LogP contribution >= 0.6 is 0 Å². The van der Waals surface area contributed by atoms with Gasteiger partial charge in [0, 0.05) is 43.2 Å². The average Bonchev–Trinajstić information content (AvgIpc) is 2.79. The van der Waals surface area contributed by atoms with Crippen molar-refractivity contribution in [3.05, 3.63) is 58.0 Å². The summed E-state index contributed by atoms with van der Waals surface area (Å²) in [6.07, 6.45) is 5.33. The second-order valence-electron chi connectivity index (χ2n) is 6.92. The summed E-state index contributed by atoms with van der Waals surface area (Å²) in [6, 6.07) is 3.83. The number of nitrogens with zero attached hydrogens (tertiary/aromatic N) is 4. The number of nitrogens with one attached hydrogen (secondary N) is 1. The molecule has 9 heteroatoms. The van der Waals surface area contributed by atoms with E-state index in [1.54, 1.807) is 33.7 Å². The lowest BCUT2D eigenvalue weighted by atomic mass is 10.0.